The molecule has 0 bridgehead atoms. The first kappa shape index (κ1) is 15.2. The zero-order chi connectivity index (χ0) is 14.0. The van der Waals surface area contributed by atoms with Crippen LogP contribution in [0.25, 0.3) is 0 Å². The third kappa shape index (κ3) is 3.32. The highest BCUT2D eigenvalue weighted by Gasteiger charge is 2.35. The van der Waals surface area contributed by atoms with E-state index in [9.17, 15) is 5.11 Å². The molecule has 1 aromatic heterocycles. The molecule has 0 atom stereocenters. The molecule has 0 amide bonds. The Bertz CT molecular complexity index is 415. The molecule has 1 rings (SSSR count). The minimum absolute atomic E-state index is 0.520. The molecule has 0 unspecified atom stereocenters. The minimum atomic E-state index is -0.879. The summed E-state index contributed by atoms with van der Waals surface area (Å²) >= 11 is 3.47. The lowest BCUT2D eigenvalue weighted by molar-refractivity contribution is 0.0238. The van der Waals surface area contributed by atoms with E-state index in [0.717, 1.165) is 16.8 Å². The molecule has 3 N–H and O–H groups in total. The summed E-state index contributed by atoms with van der Waals surface area (Å²) < 4.78 is 0.768. The highest BCUT2D eigenvalue weighted by molar-refractivity contribution is 9.10. The van der Waals surface area contributed by atoms with Crippen LogP contribution in [0.15, 0.2) is 10.8 Å². The Kier molecular flexibility index (Phi) is 4.55. The number of hydrogen-bond donors (Lipinski definition) is 3. The van der Waals surface area contributed by atoms with Crippen LogP contribution in [0, 0.1) is 0 Å². The van der Waals surface area contributed by atoms with Gasteiger partial charge in [0.2, 0.25) is 0 Å². The number of rotatable bonds is 5. The summed E-state index contributed by atoms with van der Waals surface area (Å²) in [7, 11) is 0. The molecular weight excluding hydrogens is 296 g/mol. The van der Waals surface area contributed by atoms with Gasteiger partial charge in [0.25, 0.3) is 0 Å². The Labute approximate surface area is 117 Å². The molecule has 0 saturated heterocycles. The highest BCUT2D eigenvalue weighted by Crippen LogP contribution is 2.31. The van der Waals surface area contributed by atoms with Gasteiger partial charge in [0.1, 0.15) is 22.4 Å². The molecule has 5 nitrogen and oxygen atoms in total. The molecule has 0 spiro atoms. The summed E-state index contributed by atoms with van der Waals surface area (Å²) in [5.74, 6) is 1.40. The zero-order valence-corrected chi connectivity index (χ0v) is 13.1. The number of anilines is 2. The van der Waals surface area contributed by atoms with Crippen LogP contribution in [-0.2, 0) is 0 Å². The summed E-state index contributed by atoms with van der Waals surface area (Å²) in [6.45, 7) is 10.2. The fraction of sp³-hybridized carbons (Fsp3) is 0.667. The van der Waals surface area contributed by atoms with Crippen molar-refractivity contribution in [2.75, 3.05) is 17.2 Å². The Balaban J connectivity index is 3.02. The summed E-state index contributed by atoms with van der Waals surface area (Å²) in [6.07, 6.45) is 1.49. The van der Waals surface area contributed by atoms with Crippen molar-refractivity contribution in [2.45, 2.75) is 45.8 Å². The molecule has 0 aliphatic rings. The molecule has 0 fully saturated rings. The molecule has 102 valence electrons. The quantitative estimate of drug-likeness (QED) is 0.779. The van der Waals surface area contributed by atoms with E-state index in [1.54, 1.807) is 13.8 Å². The predicted molar refractivity (Wildman–Crippen MR) is 77.9 cm³/mol. The Morgan fingerprint density at radius 2 is 1.78 bits per heavy atom. The van der Waals surface area contributed by atoms with E-state index < -0.39 is 11.1 Å². The van der Waals surface area contributed by atoms with Crippen molar-refractivity contribution in [2.24, 2.45) is 0 Å². The second-order valence-corrected chi connectivity index (χ2v) is 6.02. The maximum absolute atomic E-state index is 10.1. The first-order valence-corrected chi connectivity index (χ1v) is 6.73. The van der Waals surface area contributed by atoms with Gasteiger partial charge in [0.05, 0.1) is 11.1 Å². The number of nitrogens with zero attached hydrogens (tertiary/aromatic N) is 2. The number of aliphatic hydroxyl groups is 1. The van der Waals surface area contributed by atoms with E-state index in [-0.39, 0.29) is 0 Å². The highest BCUT2D eigenvalue weighted by atomic mass is 79.9. The second-order valence-electron chi connectivity index (χ2n) is 5.22. The van der Waals surface area contributed by atoms with Gasteiger partial charge in [-0.3, -0.25) is 0 Å². The molecule has 0 aliphatic heterocycles. The molecule has 0 radical (unpaired) electrons. The van der Waals surface area contributed by atoms with Gasteiger partial charge in [-0.25, -0.2) is 9.97 Å². The second kappa shape index (κ2) is 5.40. The SMILES string of the molecule is CCNc1ncnc(NC(C)(C)C(C)(C)O)c1Br. The van der Waals surface area contributed by atoms with Gasteiger partial charge in [-0.05, 0) is 50.5 Å². The lowest BCUT2D eigenvalue weighted by Crippen LogP contribution is -2.51. The van der Waals surface area contributed by atoms with Crippen LogP contribution in [-0.4, -0.2) is 32.8 Å². The van der Waals surface area contributed by atoms with Crippen molar-refractivity contribution in [1.82, 2.24) is 9.97 Å². The molecule has 0 aliphatic carbocycles. The fourth-order valence-corrected chi connectivity index (χ4v) is 1.64. The van der Waals surface area contributed by atoms with Crippen LogP contribution in [0.5, 0.6) is 0 Å². The van der Waals surface area contributed by atoms with E-state index in [2.05, 4.69) is 36.5 Å². The van der Waals surface area contributed by atoms with Crippen molar-refractivity contribution >= 4 is 27.6 Å². The number of aromatic nitrogens is 2. The van der Waals surface area contributed by atoms with E-state index in [1.807, 2.05) is 20.8 Å². The third-order valence-corrected chi connectivity index (χ3v) is 3.85. The normalized spacial score (nSPS) is 12.4. The number of halogens is 1. The van der Waals surface area contributed by atoms with Gasteiger partial charge in [0, 0.05) is 6.54 Å². The van der Waals surface area contributed by atoms with Crippen LogP contribution in [0.3, 0.4) is 0 Å². The van der Waals surface area contributed by atoms with Gasteiger partial charge >= 0.3 is 0 Å². The van der Waals surface area contributed by atoms with Gasteiger partial charge < -0.3 is 15.7 Å². The lowest BCUT2D eigenvalue weighted by atomic mass is 9.86. The Hall–Kier alpha value is -0.880. The van der Waals surface area contributed by atoms with Crippen LogP contribution in [0.2, 0.25) is 0 Å². The maximum Gasteiger partial charge on any atom is 0.146 e. The van der Waals surface area contributed by atoms with Crippen LogP contribution >= 0.6 is 15.9 Å². The smallest absolute Gasteiger partial charge is 0.146 e. The summed E-state index contributed by atoms with van der Waals surface area (Å²) in [5, 5.41) is 16.5. The van der Waals surface area contributed by atoms with Crippen molar-refractivity contribution < 1.29 is 5.11 Å². The summed E-state index contributed by atoms with van der Waals surface area (Å²) in [4.78, 5) is 8.35. The van der Waals surface area contributed by atoms with Crippen molar-refractivity contribution in [1.29, 1.82) is 0 Å². The van der Waals surface area contributed by atoms with Crippen molar-refractivity contribution in [3.63, 3.8) is 0 Å². The van der Waals surface area contributed by atoms with E-state index in [4.69, 9.17) is 0 Å². The third-order valence-electron chi connectivity index (χ3n) is 3.09. The number of nitrogens with one attached hydrogen (secondary N) is 2. The van der Waals surface area contributed by atoms with Crippen LogP contribution in [0.1, 0.15) is 34.6 Å². The molecular formula is C12H21BrN4O. The molecule has 1 heterocycles. The zero-order valence-electron chi connectivity index (χ0n) is 11.5. The first-order valence-electron chi connectivity index (χ1n) is 5.94. The standard InChI is InChI=1S/C12H21BrN4O/c1-6-14-9-8(13)10(16-7-15-9)17-11(2,3)12(4,5)18/h7,18H,6H2,1-5H3,(H2,14,15,16,17). The van der Waals surface area contributed by atoms with E-state index in [0.29, 0.717) is 5.82 Å². The topological polar surface area (TPSA) is 70.1 Å². The number of hydrogen-bond acceptors (Lipinski definition) is 5. The maximum atomic E-state index is 10.1. The first-order chi connectivity index (χ1) is 8.19. The summed E-state index contributed by atoms with van der Waals surface area (Å²) in [6, 6.07) is 0. The van der Waals surface area contributed by atoms with Gasteiger partial charge in [-0.15, -0.1) is 0 Å². The van der Waals surface area contributed by atoms with Gasteiger partial charge in [0.15, 0.2) is 0 Å². The van der Waals surface area contributed by atoms with Crippen LogP contribution < -0.4 is 10.6 Å². The van der Waals surface area contributed by atoms with Crippen molar-refractivity contribution in [3.05, 3.63) is 10.8 Å². The average molecular weight is 317 g/mol. The van der Waals surface area contributed by atoms with E-state index >= 15 is 0 Å². The van der Waals surface area contributed by atoms with E-state index in [1.165, 1.54) is 6.33 Å². The molecule has 0 saturated carbocycles. The summed E-state index contributed by atoms with van der Waals surface area (Å²) in [5.41, 5.74) is -1.40. The average Bonchev–Trinajstić information content (AvgIpc) is 2.22. The predicted octanol–water partition coefficient (Wildman–Crippen LogP) is 2.63. The minimum Gasteiger partial charge on any atom is -0.388 e. The van der Waals surface area contributed by atoms with Crippen molar-refractivity contribution in [3.8, 4) is 0 Å². The Morgan fingerprint density at radius 1 is 1.22 bits per heavy atom. The Morgan fingerprint density at radius 3 is 2.28 bits per heavy atom. The molecule has 0 aromatic carbocycles. The molecule has 6 heteroatoms. The monoisotopic (exact) mass is 316 g/mol. The molecule has 18 heavy (non-hydrogen) atoms. The van der Waals surface area contributed by atoms with Gasteiger partial charge in [-0.2, -0.15) is 0 Å². The lowest BCUT2D eigenvalue weighted by Gasteiger charge is -2.38. The van der Waals surface area contributed by atoms with Crippen LogP contribution in [0.4, 0.5) is 11.6 Å². The molecule has 1 aromatic rings. The largest absolute Gasteiger partial charge is 0.388 e. The van der Waals surface area contributed by atoms with Gasteiger partial charge in [-0.1, -0.05) is 0 Å². The fourth-order valence-electron chi connectivity index (χ4n) is 1.20.